The molecule has 3 N–H and O–H groups in total. The minimum Gasteiger partial charge on any atom is -0.481 e. The molecule has 2 rings (SSSR count). The molecule has 0 atom stereocenters. The molecule has 0 radical (unpaired) electrons. The van der Waals surface area contributed by atoms with Crippen LogP contribution in [0.2, 0.25) is 0 Å². The molecule has 0 saturated heterocycles. The molecule has 1 aliphatic rings. The molecular weight excluding hydrogens is 344 g/mol. The number of hydrogen-bond acceptors (Lipinski definition) is 4. The Morgan fingerprint density at radius 2 is 1.88 bits per heavy atom. The number of nitrogens with one attached hydrogen (secondary N) is 2. The van der Waals surface area contributed by atoms with Gasteiger partial charge in [0.15, 0.2) is 0 Å². The number of hydrogen-bond donors (Lipinski definition) is 3. The molecule has 138 valence electrons. The third-order valence-electron chi connectivity index (χ3n) is 4.70. The second kappa shape index (κ2) is 7.53. The Kier molecular flexibility index (Phi) is 5.84. The van der Waals surface area contributed by atoms with E-state index in [0.29, 0.717) is 12.8 Å². The quantitative estimate of drug-likeness (QED) is 0.615. The van der Waals surface area contributed by atoms with Gasteiger partial charge in [0, 0.05) is 18.2 Å². The standard InChI is InChI=1S/C17H24N2O5S/c1-3-17(4-2,16(21)22)11-18-15(20)12-6-5-7-14(10-12)25(23,24)19-13-8-9-13/h5-7,10,13,19H,3-4,8-9,11H2,1-2H3,(H,18,20)(H,21,22). The summed E-state index contributed by atoms with van der Waals surface area (Å²) >= 11 is 0. The van der Waals surface area contributed by atoms with Gasteiger partial charge in [0.05, 0.1) is 10.3 Å². The lowest BCUT2D eigenvalue weighted by atomic mass is 9.82. The summed E-state index contributed by atoms with van der Waals surface area (Å²) in [7, 11) is -3.64. The summed E-state index contributed by atoms with van der Waals surface area (Å²) in [6.45, 7) is 3.52. The number of carboxylic acids is 1. The Bertz CT molecular complexity index is 752. The molecule has 1 aliphatic carbocycles. The predicted molar refractivity (Wildman–Crippen MR) is 92.8 cm³/mol. The van der Waals surface area contributed by atoms with Crippen LogP contribution in [0.3, 0.4) is 0 Å². The molecule has 1 amide bonds. The maximum absolute atomic E-state index is 12.3. The number of sulfonamides is 1. The van der Waals surface area contributed by atoms with E-state index in [0.717, 1.165) is 12.8 Å². The summed E-state index contributed by atoms with van der Waals surface area (Å²) in [6, 6.07) is 5.72. The first-order valence-electron chi connectivity index (χ1n) is 8.38. The molecule has 0 heterocycles. The highest BCUT2D eigenvalue weighted by Crippen LogP contribution is 2.26. The highest BCUT2D eigenvalue weighted by molar-refractivity contribution is 7.89. The first-order chi connectivity index (χ1) is 11.7. The fraction of sp³-hybridized carbons (Fsp3) is 0.529. The first kappa shape index (κ1) is 19.4. The molecule has 7 nitrogen and oxygen atoms in total. The Hall–Kier alpha value is -1.93. The number of carbonyl (C=O) groups excluding carboxylic acids is 1. The lowest BCUT2D eigenvalue weighted by Gasteiger charge is -2.26. The van der Waals surface area contributed by atoms with Crippen LogP contribution in [0.5, 0.6) is 0 Å². The van der Waals surface area contributed by atoms with Gasteiger partial charge in [-0.3, -0.25) is 9.59 Å². The Morgan fingerprint density at radius 3 is 2.40 bits per heavy atom. The van der Waals surface area contributed by atoms with Crippen LogP contribution < -0.4 is 10.0 Å². The summed E-state index contributed by atoms with van der Waals surface area (Å²) in [5.74, 6) is -1.45. The van der Waals surface area contributed by atoms with Crippen molar-refractivity contribution in [2.24, 2.45) is 5.41 Å². The average Bonchev–Trinajstić information content (AvgIpc) is 3.39. The lowest BCUT2D eigenvalue weighted by molar-refractivity contribution is -0.149. The SMILES string of the molecule is CCC(CC)(CNC(=O)c1cccc(S(=O)(=O)NC2CC2)c1)C(=O)O. The van der Waals surface area contributed by atoms with Gasteiger partial charge in [-0.1, -0.05) is 19.9 Å². The number of aliphatic carboxylic acids is 1. The van der Waals surface area contributed by atoms with Crippen LogP contribution in [0, 0.1) is 5.41 Å². The van der Waals surface area contributed by atoms with Gasteiger partial charge in [-0.05, 0) is 43.9 Å². The third kappa shape index (κ3) is 4.58. The van der Waals surface area contributed by atoms with Gasteiger partial charge >= 0.3 is 5.97 Å². The van der Waals surface area contributed by atoms with Crippen LogP contribution in [0.4, 0.5) is 0 Å². The molecule has 0 unspecified atom stereocenters. The fourth-order valence-electron chi connectivity index (χ4n) is 2.52. The van der Waals surface area contributed by atoms with Crippen molar-refractivity contribution < 1.29 is 23.1 Å². The zero-order valence-electron chi connectivity index (χ0n) is 14.4. The van der Waals surface area contributed by atoms with Gasteiger partial charge in [-0.25, -0.2) is 13.1 Å². The minimum atomic E-state index is -3.64. The maximum Gasteiger partial charge on any atom is 0.311 e. The smallest absolute Gasteiger partial charge is 0.311 e. The molecule has 1 aromatic rings. The second-order valence-corrected chi connectivity index (χ2v) is 8.11. The predicted octanol–water partition coefficient (Wildman–Crippen LogP) is 1.75. The van der Waals surface area contributed by atoms with Crippen molar-refractivity contribution in [1.82, 2.24) is 10.0 Å². The summed E-state index contributed by atoms with van der Waals surface area (Å²) in [5, 5.41) is 12.0. The van der Waals surface area contributed by atoms with Crippen molar-refractivity contribution in [2.75, 3.05) is 6.54 Å². The van der Waals surface area contributed by atoms with Gasteiger partial charge in [0.2, 0.25) is 10.0 Å². The molecule has 25 heavy (non-hydrogen) atoms. The molecule has 0 aromatic heterocycles. The Balaban J connectivity index is 2.12. The molecule has 0 bridgehead atoms. The van der Waals surface area contributed by atoms with E-state index in [1.54, 1.807) is 13.8 Å². The lowest BCUT2D eigenvalue weighted by Crippen LogP contribution is -2.42. The zero-order chi connectivity index (χ0) is 18.7. The minimum absolute atomic E-state index is 0.00846. The van der Waals surface area contributed by atoms with Crippen LogP contribution in [0.1, 0.15) is 49.9 Å². The molecule has 8 heteroatoms. The highest BCUT2D eigenvalue weighted by atomic mass is 32.2. The van der Waals surface area contributed by atoms with Crippen LogP contribution in [0.15, 0.2) is 29.2 Å². The van der Waals surface area contributed by atoms with Crippen LogP contribution >= 0.6 is 0 Å². The van der Waals surface area contributed by atoms with E-state index in [2.05, 4.69) is 10.0 Å². The van der Waals surface area contributed by atoms with Crippen molar-refractivity contribution in [3.63, 3.8) is 0 Å². The van der Waals surface area contributed by atoms with Crippen molar-refractivity contribution in [3.8, 4) is 0 Å². The van der Waals surface area contributed by atoms with Crippen LogP contribution in [-0.4, -0.2) is 38.0 Å². The number of amides is 1. The van der Waals surface area contributed by atoms with Gasteiger partial charge in [0.25, 0.3) is 5.91 Å². The third-order valence-corrected chi connectivity index (χ3v) is 6.22. The summed E-state index contributed by atoms with van der Waals surface area (Å²) in [4.78, 5) is 23.9. The van der Waals surface area contributed by atoms with E-state index in [9.17, 15) is 23.1 Å². The Morgan fingerprint density at radius 1 is 1.24 bits per heavy atom. The molecule has 1 aromatic carbocycles. The normalized spacial score (nSPS) is 15.0. The largest absolute Gasteiger partial charge is 0.481 e. The fourth-order valence-corrected chi connectivity index (χ4v) is 3.87. The summed E-state index contributed by atoms with van der Waals surface area (Å²) in [6.07, 6.45) is 2.42. The Labute approximate surface area is 147 Å². The van der Waals surface area contributed by atoms with Gasteiger partial charge in [-0.15, -0.1) is 0 Å². The van der Waals surface area contributed by atoms with E-state index in [4.69, 9.17) is 0 Å². The monoisotopic (exact) mass is 368 g/mol. The molecule has 0 aliphatic heterocycles. The number of rotatable bonds is 9. The molecule has 0 spiro atoms. The van der Waals surface area contributed by atoms with E-state index in [1.807, 2.05) is 0 Å². The van der Waals surface area contributed by atoms with Crippen LogP contribution in [-0.2, 0) is 14.8 Å². The summed E-state index contributed by atoms with van der Waals surface area (Å²) < 4.78 is 27.0. The number of benzene rings is 1. The van der Waals surface area contributed by atoms with E-state index in [1.165, 1.54) is 24.3 Å². The van der Waals surface area contributed by atoms with Crippen LogP contribution in [0.25, 0.3) is 0 Å². The maximum atomic E-state index is 12.3. The number of carbonyl (C=O) groups is 2. The highest BCUT2D eigenvalue weighted by Gasteiger charge is 2.35. The van der Waals surface area contributed by atoms with Crippen molar-refractivity contribution in [2.45, 2.75) is 50.5 Å². The van der Waals surface area contributed by atoms with Crippen molar-refractivity contribution >= 4 is 21.9 Å². The van der Waals surface area contributed by atoms with Crippen molar-refractivity contribution in [1.29, 1.82) is 0 Å². The van der Waals surface area contributed by atoms with Gasteiger partial charge in [-0.2, -0.15) is 0 Å². The average molecular weight is 368 g/mol. The van der Waals surface area contributed by atoms with E-state index >= 15 is 0 Å². The summed E-state index contributed by atoms with van der Waals surface area (Å²) in [5.41, 5.74) is -0.836. The number of carboxylic acid groups (broad SMARTS) is 1. The zero-order valence-corrected chi connectivity index (χ0v) is 15.2. The van der Waals surface area contributed by atoms with E-state index in [-0.39, 0.29) is 23.0 Å². The second-order valence-electron chi connectivity index (χ2n) is 6.40. The first-order valence-corrected chi connectivity index (χ1v) is 9.86. The molecule has 1 saturated carbocycles. The van der Waals surface area contributed by atoms with Crippen molar-refractivity contribution in [3.05, 3.63) is 29.8 Å². The van der Waals surface area contributed by atoms with Gasteiger partial charge in [0.1, 0.15) is 0 Å². The topological polar surface area (TPSA) is 113 Å². The van der Waals surface area contributed by atoms with Gasteiger partial charge < -0.3 is 10.4 Å². The molecule has 1 fully saturated rings. The molecular formula is C17H24N2O5S. The van der Waals surface area contributed by atoms with E-state index < -0.39 is 27.3 Å².